The Balaban J connectivity index is 1.84. The van der Waals surface area contributed by atoms with Gasteiger partial charge in [-0.05, 0) is 6.07 Å². The van der Waals surface area contributed by atoms with Gasteiger partial charge in [-0.1, -0.05) is 23.2 Å². The third-order valence-corrected chi connectivity index (χ3v) is 3.53. The summed E-state index contributed by atoms with van der Waals surface area (Å²) < 4.78 is 0. The summed E-state index contributed by atoms with van der Waals surface area (Å²) in [5, 5.41) is 6.18. The number of carbonyl (C=O) groups excluding carboxylic acids is 2. The van der Waals surface area contributed by atoms with Gasteiger partial charge in [-0.25, -0.2) is 0 Å². The first-order valence-corrected chi connectivity index (χ1v) is 6.64. The van der Waals surface area contributed by atoms with E-state index in [-0.39, 0.29) is 28.3 Å². The summed E-state index contributed by atoms with van der Waals surface area (Å²) in [5.74, 6) is -0.504. The van der Waals surface area contributed by atoms with Crippen LogP contribution in [-0.4, -0.2) is 54.4 Å². The third-order valence-electron chi connectivity index (χ3n) is 2.84. The zero-order valence-electron chi connectivity index (χ0n) is 10.1. The topological polar surface area (TPSA) is 77.2 Å². The van der Waals surface area contributed by atoms with Crippen LogP contribution in [0.4, 0.5) is 0 Å². The van der Waals surface area contributed by atoms with Crippen LogP contribution in [0.1, 0.15) is 10.5 Å². The molecule has 0 atom stereocenters. The van der Waals surface area contributed by atoms with E-state index >= 15 is 0 Å². The van der Waals surface area contributed by atoms with Crippen molar-refractivity contribution in [1.82, 2.24) is 20.5 Å². The van der Waals surface area contributed by atoms with Crippen LogP contribution in [0.15, 0.2) is 6.07 Å². The number of carbonyl (C=O) groups is 2. The Labute approximate surface area is 120 Å². The zero-order chi connectivity index (χ0) is 13.8. The number of rotatable bonds is 3. The lowest BCUT2D eigenvalue weighted by molar-refractivity contribution is -0.130. The van der Waals surface area contributed by atoms with Gasteiger partial charge in [0, 0.05) is 26.2 Å². The van der Waals surface area contributed by atoms with Crippen molar-refractivity contribution >= 4 is 35.0 Å². The Hall–Kier alpha value is -1.24. The van der Waals surface area contributed by atoms with E-state index in [4.69, 9.17) is 23.2 Å². The van der Waals surface area contributed by atoms with E-state index in [1.807, 2.05) is 0 Å². The normalized spacial score (nSPS) is 15.4. The van der Waals surface area contributed by atoms with E-state index in [9.17, 15) is 9.59 Å². The molecule has 0 aliphatic carbocycles. The highest BCUT2D eigenvalue weighted by Crippen LogP contribution is 2.21. The lowest BCUT2D eigenvalue weighted by Gasteiger charge is -2.27. The Bertz CT molecular complexity index is 464. The van der Waals surface area contributed by atoms with E-state index in [0.717, 1.165) is 13.1 Å². The number of hydrogen-bond donors (Lipinski definition) is 3. The van der Waals surface area contributed by atoms with Crippen molar-refractivity contribution in [1.29, 1.82) is 0 Å². The van der Waals surface area contributed by atoms with Crippen LogP contribution < -0.4 is 10.6 Å². The van der Waals surface area contributed by atoms with Gasteiger partial charge in [0.1, 0.15) is 10.8 Å². The van der Waals surface area contributed by atoms with E-state index in [2.05, 4.69) is 15.6 Å². The van der Waals surface area contributed by atoms with Crippen LogP contribution in [-0.2, 0) is 4.79 Å². The first kappa shape index (κ1) is 14.2. The molecule has 8 heteroatoms. The average Bonchev–Trinajstić information content (AvgIpc) is 2.77. The molecule has 0 saturated carbocycles. The summed E-state index contributed by atoms with van der Waals surface area (Å²) in [7, 11) is 0. The molecule has 2 rings (SSSR count). The van der Waals surface area contributed by atoms with Crippen molar-refractivity contribution in [3.8, 4) is 0 Å². The average molecular weight is 305 g/mol. The molecule has 1 fully saturated rings. The van der Waals surface area contributed by atoms with E-state index in [0.29, 0.717) is 13.1 Å². The van der Waals surface area contributed by atoms with Crippen molar-refractivity contribution in [3.05, 3.63) is 21.9 Å². The molecule has 1 aromatic heterocycles. The molecular weight excluding hydrogens is 291 g/mol. The van der Waals surface area contributed by atoms with Gasteiger partial charge in [0.15, 0.2) is 0 Å². The highest BCUT2D eigenvalue weighted by molar-refractivity contribution is 6.41. The van der Waals surface area contributed by atoms with Gasteiger partial charge >= 0.3 is 0 Å². The number of piperazine rings is 1. The molecule has 0 aromatic carbocycles. The number of nitrogens with one attached hydrogen (secondary N) is 3. The zero-order valence-corrected chi connectivity index (χ0v) is 11.6. The molecule has 0 unspecified atom stereocenters. The van der Waals surface area contributed by atoms with Gasteiger partial charge < -0.3 is 20.5 Å². The number of halogens is 2. The van der Waals surface area contributed by atoms with Crippen LogP contribution >= 0.6 is 23.2 Å². The van der Waals surface area contributed by atoms with E-state index in [1.165, 1.54) is 6.07 Å². The van der Waals surface area contributed by atoms with Gasteiger partial charge in [-0.2, -0.15) is 0 Å². The lowest BCUT2D eigenvalue weighted by Crippen LogP contribution is -2.49. The van der Waals surface area contributed by atoms with E-state index < -0.39 is 5.91 Å². The minimum Gasteiger partial charge on any atom is -0.342 e. The van der Waals surface area contributed by atoms with Crippen LogP contribution in [0.2, 0.25) is 10.2 Å². The fraction of sp³-hybridized carbons (Fsp3) is 0.455. The molecular formula is C11H14Cl2N4O2. The van der Waals surface area contributed by atoms with Gasteiger partial charge in [0.05, 0.1) is 11.6 Å². The van der Waals surface area contributed by atoms with Crippen LogP contribution in [0, 0.1) is 0 Å². The lowest BCUT2D eigenvalue weighted by atomic mass is 10.3. The minimum atomic E-state index is -0.405. The molecule has 1 aliphatic heterocycles. The van der Waals surface area contributed by atoms with Gasteiger partial charge in [0.2, 0.25) is 5.91 Å². The Morgan fingerprint density at radius 1 is 1.32 bits per heavy atom. The second kappa shape index (κ2) is 6.27. The van der Waals surface area contributed by atoms with Crippen molar-refractivity contribution in [2.75, 3.05) is 32.7 Å². The first-order valence-electron chi connectivity index (χ1n) is 5.88. The SMILES string of the molecule is O=C(NCC(=O)N1CCNCC1)c1cc(Cl)c(Cl)[nH]1. The standard InChI is InChI=1S/C11H14Cl2N4O2/c12-7-5-8(16-10(7)13)11(19)15-6-9(18)17-3-1-14-2-4-17/h5,14,16H,1-4,6H2,(H,15,19). The van der Waals surface area contributed by atoms with Crippen molar-refractivity contribution < 1.29 is 9.59 Å². The predicted molar refractivity (Wildman–Crippen MR) is 72.6 cm³/mol. The summed E-state index contributed by atoms with van der Waals surface area (Å²) in [4.78, 5) is 27.9. The summed E-state index contributed by atoms with van der Waals surface area (Å²) in [6.45, 7) is 2.85. The molecule has 19 heavy (non-hydrogen) atoms. The van der Waals surface area contributed by atoms with Crippen molar-refractivity contribution in [2.24, 2.45) is 0 Å². The molecule has 1 saturated heterocycles. The van der Waals surface area contributed by atoms with Crippen LogP contribution in [0.25, 0.3) is 0 Å². The molecule has 2 amide bonds. The number of nitrogens with zero attached hydrogens (tertiary/aromatic N) is 1. The fourth-order valence-electron chi connectivity index (χ4n) is 1.80. The summed E-state index contributed by atoms with van der Waals surface area (Å²) >= 11 is 11.4. The third kappa shape index (κ3) is 3.62. The van der Waals surface area contributed by atoms with Gasteiger partial charge in [0.25, 0.3) is 5.91 Å². The monoisotopic (exact) mass is 304 g/mol. The highest BCUT2D eigenvalue weighted by Gasteiger charge is 2.18. The first-order chi connectivity index (χ1) is 9.08. The second-order valence-electron chi connectivity index (χ2n) is 4.16. The quantitative estimate of drug-likeness (QED) is 0.760. The Kier molecular flexibility index (Phi) is 4.68. The number of hydrogen-bond acceptors (Lipinski definition) is 3. The maximum absolute atomic E-state index is 11.8. The van der Waals surface area contributed by atoms with Crippen LogP contribution in [0.3, 0.4) is 0 Å². The smallest absolute Gasteiger partial charge is 0.268 e. The molecule has 2 heterocycles. The number of aromatic amines is 1. The molecule has 0 radical (unpaired) electrons. The van der Waals surface area contributed by atoms with Crippen molar-refractivity contribution in [2.45, 2.75) is 0 Å². The summed E-state index contributed by atoms with van der Waals surface area (Å²) in [6.07, 6.45) is 0. The number of aromatic nitrogens is 1. The molecule has 1 aliphatic rings. The molecule has 3 N–H and O–H groups in total. The Morgan fingerprint density at radius 2 is 2.00 bits per heavy atom. The molecule has 0 bridgehead atoms. The number of H-pyrrole nitrogens is 1. The molecule has 0 spiro atoms. The summed E-state index contributed by atoms with van der Waals surface area (Å²) in [6, 6.07) is 1.43. The summed E-state index contributed by atoms with van der Waals surface area (Å²) in [5.41, 5.74) is 0.239. The second-order valence-corrected chi connectivity index (χ2v) is 4.94. The molecule has 6 nitrogen and oxygen atoms in total. The fourth-order valence-corrected chi connectivity index (χ4v) is 2.12. The van der Waals surface area contributed by atoms with Crippen molar-refractivity contribution in [3.63, 3.8) is 0 Å². The van der Waals surface area contributed by atoms with E-state index in [1.54, 1.807) is 4.90 Å². The maximum atomic E-state index is 11.8. The minimum absolute atomic E-state index is 0.0346. The highest BCUT2D eigenvalue weighted by atomic mass is 35.5. The largest absolute Gasteiger partial charge is 0.342 e. The Morgan fingerprint density at radius 3 is 2.58 bits per heavy atom. The molecule has 1 aromatic rings. The molecule has 104 valence electrons. The van der Waals surface area contributed by atoms with Gasteiger partial charge in [-0.15, -0.1) is 0 Å². The predicted octanol–water partition coefficient (Wildman–Crippen LogP) is 0.483. The maximum Gasteiger partial charge on any atom is 0.268 e. The van der Waals surface area contributed by atoms with Gasteiger partial charge in [-0.3, -0.25) is 9.59 Å². The van der Waals surface area contributed by atoms with Crippen LogP contribution in [0.5, 0.6) is 0 Å². The number of amides is 2.